The van der Waals surface area contributed by atoms with Gasteiger partial charge in [0.05, 0.1) is 12.5 Å². The van der Waals surface area contributed by atoms with Crippen LogP contribution in [0.2, 0.25) is 0 Å². The predicted molar refractivity (Wildman–Crippen MR) is 109 cm³/mol. The smallest absolute Gasteiger partial charge is 0.274 e. The number of aromatic nitrogens is 5. The second-order valence-electron chi connectivity index (χ2n) is 7.31. The largest absolute Gasteiger partial charge is 0.357 e. The van der Waals surface area contributed by atoms with Crippen LogP contribution in [0, 0.1) is 5.92 Å². The Balaban J connectivity index is 1.25. The lowest BCUT2D eigenvalue weighted by Crippen LogP contribution is -2.39. The van der Waals surface area contributed by atoms with Gasteiger partial charge in [0.25, 0.3) is 5.91 Å². The van der Waals surface area contributed by atoms with Crippen LogP contribution in [0.25, 0.3) is 10.6 Å². The second-order valence-corrected chi connectivity index (χ2v) is 8.29. The number of aromatic amines is 1. The maximum atomic E-state index is 12.2. The van der Waals surface area contributed by atoms with Crippen LogP contribution < -0.4 is 21.5 Å². The van der Waals surface area contributed by atoms with Crippen molar-refractivity contribution < 1.29 is 4.79 Å². The fourth-order valence-electron chi connectivity index (χ4n) is 3.90. The Kier molecular flexibility index (Phi) is 4.92. The first-order valence-electron chi connectivity index (χ1n) is 9.59. The Morgan fingerprint density at radius 1 is 1.28 bits per heavy atom. The normalized spacial score (nSPS) is 23.5. The number of hydrogen-bond donors (Lipinski definition) is 5. The molecule has 0 bridgehead atoms. The molecule has 4 heterocycles. The van der Waals surface area contributed by atoms with Crippen LogP contribution in [-0.2, 0) is 0 Å². The van der Waals surface area contributed by atoms with E-state index in [4.69, 9.17) is 0 Å². The van der Waals surface area contributed by atoms with E-state index in [9.17, 15) is 4.79 Å². The minimum absolute atomic E-state index is 0.293. The number of imidazole rings is 1. The van der Waals surface area contributed by atoms with E-state index in [0.29, 0.717) is 29.5 Å². The molecular weight excluding hydrogens is 390 g/mol. The molecule has 0 radical (unpaired) electrons. The summed E-state index contributed by atoms with van der Waals surface area (Å²) in [4.78, 5) is 23.0. The van der Waals surface area contributed by atoms with Crippen LogP contribution in [0.15, 0.2) is 30.9 Å². The molecule has 1 saturated carbocycles. The summed E-state index contributed by atoms with van der Waals surface area (Å²) in [5.74, 6) is 0.819. The van der Waals surface area contributed by atoms with Crippen molar-refractivity contribution in [3.8, 4) is 10.6 Å². The first-order valence-corrected chi connectivity index (χ1v) is 10.4. The number of hydrogen-bond acceptors (Lipinski definition) is 9. The van der Waals surface area contributed by atoms with E-state index in [1.165, 1.54) is 23.9 Å². The Hall–Kier alpha value is -2.89. The van der Waals surface area contributed by atoms with Gasteiger partial charge in [0.15, 0.2) is 0 Å². The molecule has 3 atom stereocenters. The van der Waals surface area contributed by atoms with Crippen LogP contribution in [0.3, 0.4) is 0 Å². The van der Waals surface area contributed by atoms with Crippen molar-refractivity contribution in [3.63, 3.8) is 0 Å². The molecule has 5 N–H and O–H groups in total. The predicted octanol–water partition coefficient (Wildman–Crippen LogP) is 1.63. The lowest BCUT2D eigenvalue weighted by Gasteiger charge is -2.30. The molecule has 1 aliphatic heterocycles. The van der Waals surface area contributed by atoms with Crippen LogP contribution in [0.4, 0.5) is 10.9 Å². The molecule has 3 aromatic heterocycles. The summed E-state index contributed by atoms with van der Waals surface area (Å²) in [6, 6.07) is 4.65. The number of fused-ring (bicyclic) bond motifs is 1. The standard InChI is InChI=1S/C18H21N9OS/c28-16(14-8-19-9-21-14)24-15-6-10(3-4-20-15)17-26-27-18(29-17)23-12-1-2-13-11(5-12)7-22-25-13/h3-4,6,8-9,11-13,22,25H,1-2,5,7H2,(H,19,21)(H,23,27)(H,20,24,28). The zero-order chi connectivity index (χ0) is 19.6. The average molecular weight is 411 g/mol. The summed E-state index contributed by atoms with van der Waals surface area (Å²) in [5.41, 5.74) is 7.85. The third-order valence-electron chi connectivity index (χ3n) is 5.38. The Morgan fingerprint density at radius 3 is 3.14 bits per heavy atom. The SMILES string of the molecule is O=C(Nc1cc(-c2nnc(NC3CCC4NNCC4C3)s2)ccn1)c1cnc[nH]1. The number of amides is 1. The summed E-state index contributed by atoms with van der Waals surface area (Å²) >= 11 is 1.51. The Morgan fingerprint density at radius 2 is 2.24 bits per heavy atom. The molecule has 5 rings (SSSR count). The summed E-state index contributed by atoms with van der Waals surface area (Å²) in [5, 5.41) is 16.5. The van der Waals surface area contributed by atoms with Gasteiger partial charge in [-0.05, 0) is 37.3 Å². The van der Waals surface area contributed by atoms with Crippen molar-refractivity contribution in [1.29, 1.82) is 0 Å². The van der Waals surface area contributed by atoms with E-state index >= 15 is 0 Å². The molecule has 3 aromatic rings. The molecule has 150 valence electrons. The van der Waals surface area contributed by atoms with Crippen molar-refractivity contribution in [3.05, 3.63) is 36.5 Å². The van der Waals surface area contributed by atoms with Gasteiger partial charge in [-0.25, -0.2) is 9.97 Å². The zero-order valence-corrected chi connectivity index (χ0v) is 16.4. The third-order valence-corrected chi connectivity index (χ3v) is 6.28. The molecule has 29 heavy (non-hydrogen) atoms. The molecule has 1 saturated heterocycles. The van der Waals surface area contributed by atoms with Crippen molar-refractivity contribution in [2.45, 2.75) is 31.3 Å². The number of pyridine rings is 1. The van der Waals surface area contributed by atoms with Gasteiger partial charge in [0.1, 0.15) is 16.5 Å². The molecule has 0 aromatic carbocycles. The molecule has 3 unspecified atom stereocenters. The quantitative estimate of drug-likeness (QED) is 0.428. The molecule has 2 fully saturated rings. The van der Waals surface area contributed by atoms with Crippen LogP contribution in [0.5, 0.6) is 0 Å². The number of H-pyrrole nitrogens is 1. The van der Waals surface area contributed by atoms with Crippen LogP contribution in [0.1, 0.15) is 29.8 Å². The topological polar surface area (TPSA) is 133 Å². The van der Waals surface area contributed by atoms with Gasteiger partial charge in [0, 0.05) is 30.4 Å². The van der Waals surface area contributed by atoms with Gasteiger partial charge >= 0.3 is 0 Å². The monoisotopic (exact) mass is 411 g/mol. The zero-order valence-electron chi connectivity index (χ0n) is 15.6. The fourth-order valence-corrected chi connectivity index (χ4v) is 4.72. The molecule has 1 aliphatic carbocycles. The van der Waals surface area contributed by atoms with Crippen LogP contribution in [-0.4, -0.2) is 49.7 Å². The maximum Gasteiger partial charge on any atom is 0.274 e. The Bertz CT molecular complexity index is 989. The number of nitrogens with one attached hydrogen (secondary N) is 5. The van der Waals surface area contributed by atoms with Gasteiger partial charge < -0.3 is 15.6 Å². The minimum Gasteiger partial charge on any atom is -0.357 e. The molecule has 11 heteroatoms. The minimum atomic E-state index is -0.293. The van der Waals surface area contributed by atoms with Crippen molar-refractivity contribution in [1.82, 2.24) is 36.0 Å². The van der Waals surface area contributed by atoms with Gasteiger partial charge in [-0.2, -0.15) is 0 Å². The average Bonchev–Trinajstić information content (AvgIpc) is 3.49. The lowest BCUT2D eigenvalue weighted by molar-refractivity contribution is 0.102. The maximum absolute atomic E-state index is 12.2. The number of carbonyl (C=O) groups excluding carboxylic acids is 1. The molecule has 1 amide bonds. The summed E-state index contributed by atoms with van der Waals surface area (Å²) in [7, 11) is 0. The highest BCUT2D eigenvalue weighted by Crippen LogP contribution is 2.32. The molecule has 2 aliphatic rings. The van der Waals surface area contributed by atoms with Crippen molar-refractivity contribution in [2.24, 2.45) is 5.92 Å². The van der Waals surface area contributed by atoms with Crippen LogP contribution >= 0.6 is 11.3 Å². The van der Waals surface area contributed by atoms with E-state index in [1.807, 2.05) is 6.07 Å². The van der Waals surface area contributed by atoms with E-state index in [-0.39, 0.29) is 5.91 Å². The van der Waals surface area contributed by atoms with Gasteiger partial charge in [-0.3, -0.25) is 15.6 Å². The van der Waals surface area contributed by atoms with E-state index in [2.05, 4.69) is 46.6 Å². The number of hydrazine groups is 1. The third kappa shape index (κ3) is 3.97. The summed E-state index contributed by atoms with van der Waals surface area (Å²) in [6.07, 6.45) is 7.97. The van der Waals surface area contributed by atoms with Crippen molar-refractivity contribution >= 4 is 28.2 Å². The highest BCUT2D eigenvalue weighted by molar-refractivity contribution is 7.18. The summed E-state index contributed by atoms with van der Waals surface area (Å²) in [6.45, 7) is 1.02. The first-order chi connectivity index (χ1) is 14.2. The molecule has 10 nitrogen and oxygen atoms in total. The lowest BCUT2D eigenvalue weighted by atomic mass is 9.83. The van der Waals surface area contributed by atoms with E-state index in [0.717, 1.165) is 41.5 Å². The number of carbonyl (C=O) groups is 1. The van der Waals surface area contributed by atoms with Crippen molar-refractivity contribution in [2.75, 3.05) is 17.2 Å². The van der Waals surface area contributed by atoms with Gasteiger partial charge in [-0.1, -0.05) is 11.3 Å². The fraction of sp³-hybridized carbons (Fsp3) is 0.389. The summed E-state index contributed by atoms with van der Waals surface area (Å²) < 4.78 is 0. The molecular formula is C18H21N9OS. The van der Waals surface area contributed by atoms with E-state index < -0.39 is 0 Å². The number of anilines is 2. The second kappa shape index (κ2) is 7.85. The Labute approximate surface area is 170 Å². The molecule has 0 spiro atoms. The first kappa shape index (κ1) is 18.2. The highest BCUT2D eigenvalue weighted by Gasteiger charge is 2.34. The number of rotatable bonds is 5. The van der Waals surface area contributed by atoms with E-state index in [1.54, 1.807) is 12.3 Å². The van der Waals surface area contributed by atoms with Gasteiger partial charge in [0.2, 0.25) is 5.13 Å². The van der Waals surface area contributed by atoms with Gasteiger partial charge in [-0.15, -0.1) is 10.2 Å². The highest BCUT2D eigenvalue weighted by atomic mass is 32.1. The number of nitrogens with zero attached hydrogens (tertiary/aromatic N) is 4.